The number of carbonyl (C=O) groups excluding carboxylic acids is 1. The molecule has 0 aliphatic rings. The molecule has 0 aliphatic heterocycles. The molecule has 2 aromatic rings. The van der Waals surface area contributed by atoms with Crippen LogP contribution in [0.4, 0.5) is 10.5 Å². The van der Waals surface area contributed by atoms with E-state index in [0.717, 1.165) is 0 Å². The van der Waals surface area contributed by atoms with Gasteiger partial charge in [-0.15, -0.1) is 0 Å². The predicted molar refractivity (Wildman–Crippen MR) is 119 cm³/mol. The van der Waals surface area contributed by atoms with Gasteiger partial charge in [0, 0.05) is 16.6 Å². The van der Waals surface area contributed by atoms with Crippen LogP contribution >= 0.6 is 11.6 Å². The van der Waals surface area contributed by atoms with E-state index in [9.17, 15) is 13.2 Å². The van der Waals surface area contributed by atoms with Crippen LogP contribution in [0.3, 0.4) is 0 Å². The highest BCUT2D eigenvalue weighted by molar-refractivity contribution is 7.87. The van der Waals surface area contributed by atoms with Crippen molar-refractivity contribution in [1.82, 2.24) is 4.90 Å². The molecule has 0 aromatic heterocycles. The number of hydrogen-bond acceptors (Lipinski definition) is 5. The molecule has 0 saturated heterocycles. The molecule has 0 aliphatic carbocycles. The molecule has 0 unspecified atom stereocenters. The van der Waals surface area contributed by atoms with Gasteiger partial charge in [0.15, 0.2) is 0 Å². The Hall–Kier alpha value is -2.45. The van der Waals surface area contributed by atoms with E-state index < -0.39 is 10.1 Å². The third kappa shape index (κ3) is 6.27. The van der Waals surface area contributed by atoms with E-state index in [1.165, 1.54) is 20.1 Å². The zero-order chi connectivity index (χ0) is 22.3. The summed E-state index contributed by atoms with van der Waals surface area (Å²) in [5.74, 6) is 0.522. The number of carbonyl (C=O) groups is 1. The van der Waals surface area contributed by atoms with Crippen LogP contribution in [-0.4, -0.2) is 38.3 Å². The second-order valence-electron chi connectivity index (χ2n) is 6.70. The molecule has 0 heterocycles. The lowest BCUT2D eigenvalue weighted by molar-refractivity contribution is 0.186. The number of para-hydroxylation sites is 2. The number of amides is 2. The number of ether oxygens (including phenoxy) is 1. The van der Waals surface area contributed by atoms with Crippen LogP contribution < -0.4 is 14.2 Å². The summed E-state index contributed by atoms with van der Waals surface area (Å²) in [4.78, 5) is 14.7. The van der Waals surface area contributed by atoms with Crippen molar-refractivity contribution in [3.8, 4) is 11.5 Å². The van der Waals surface area contributed by atoms with Crippen molar-refractivity contribution in [2.45, 2.75) is 39.8 Å². The Balaban J connectivity index is 2.35. The third-order valence-electron chi connectivity index (χ3n) is 4.67. The van der Waals surface area contributed by atoms with Crippen LogP contribution in [0.15, 0.2) is 42.5 Å². The van der Waals surface area contributed by atoms with Gasteiger partial charge in [-0.05, 0) is 50.6 Å². The Morgan fingerprint density at radius 1 is 1.17 bits per heavy atom. The van der Waals surface area contributed by atoms with Crippen LogP contribution in [0.25, 0.3) is 0 Å². The Bertz CT molecular complexity index is 981. The Morgan fingerprint density at radius 2 is 1.87 bits per heavy atom. The molecule has 0 fully saturated rings. The van der Waals surface area contributed by atoms with E-state index in [1.54, 1.807) is 35.2 Å². The summed E-state index contributed by atoms with van der Waals surface area (Å²) in [7, 11) is -2.20. The second kappa shape index (κ2) is 10.5. The number of rotatable bonds is 9. The minimum Gasteiger partial charge on any atom is -0.495 e. The first-order valence-electron chi connectivity index (χ1n) is 9.62. The van der Waals surface area contributed by atoms with E-state index in [-0.39, 0.29) is 30.1 Å². The Morgan fingerprint density at radius 3 is 2.50 bits per heavy atom. The van der Waals surface area contributed by atoms with E-state index in [4.69, 9.17) is 20.5 Å². The Labute approximate surface area is 183 Å². The molecule has 0 saturated carbocycles. The van der Waals surface area contributed by atoms with Crippen molar-refractivity contribution >= 4 is 33.4 Å². The molecule has 0 bridgehead atoms. The second-order valence-corrected chi connectivity index (χ2v) is 8.99. The number of hydrogen-bond donors (Lipinski definition) is 1. The number of benzene rings is 2. The van der Waals surface area contributed by atoms with Gasteiger partial charge in [-0.3, -0.25) is 0 Å². The zero-order valence-electron chi connectivity index (χ0n) is 17.5. The van der Waals surface area contributed by atoms with E-state index in [1.807, 2.05) is 19.9 Å². The molecule has 9 heteroatoms. The molecule has 164 valence electrons. The number of methoxy groups -OCH3 is 1. The number of nitrogens with zero attached hydrogens (tertiary/aromatic N) is 1. The first-order valence-corrected chi connectivity index (χ1v) is 11.6. The van der Waals surface area contributed by atoms with Gasteiger partial charge in [0.1, 0.15) is 11.5 Å². The smallest absolute Gasteiger partial charge is 0.322 e. The molecule has 2 rings (SSSR count). The maximum atomic E-state index is 13.1. The fraction of sp³-hybridized carbons (Fsp3) is 0.381. The maximum absolute atomic E-state index is 13.1. The van der Waals surface area contributed by atoms with Gasteiger partial charge in [-0.25, -0.2) is 4.79 Å². The molecule has 30 heavy (non-hydrogen) atoms. The van der Waals surface area contributed by atoms with Gasteiger partial charge in [0.2, 0.25) is 0 Å². The van der Waals surface area contributed by atoms with Crippen molar-refractivity contribution in [3.05, 3.63) is 53.1 Å². The number of anilines is 1. The first-order chi connectivity index (χ1) is 14.2. The highest BCUT2D eigenvalue weighted by Crippen LogP contribution is 2.28. The van der Waals surface area contributed by atoms with E-state index in [2.05, 4.69) is 5.32 Å². The molecule has 1 atom stereocenters. The fourth-order valence-electron chi connectivity index (χ4n) is 2.72. The maximum Gasteiger partial charge on any atom is 0.322 e. The van der Waals surface area contributed by atoms with Gasteiger partial charge in [0.25, 0.3) is 0 Å². The summed E-state index contributed by atoms with van der Waals surface area (Å²) in [5.41, 5.74) is 1.03. The van der Waals surface area contributed by atoms with Crippen LogP contribution in [0.2, 0.25) is 5.02 Å². The minimum absolute atomic E-state index is 0.116. The highest BCUT2D eigenvalue weighted by Gasteiger charge is 2.23. The first kappa shape index (κ1) is 23.8. The number of nitrogens with one attached hydrogen (secondary N) is 1. The quantitative estimate of drug-likeness (QED) is 0.544. The number of halogens is 1. The average Bonchev–Trinajstić information content (AvgIpc) is 2.73. The van der Waals surface area contributed by atoms with Crippen LogP contribution in [0, 0.1) is 0 Å². The Kier molecular flexibility index (Phi) is 8.37. The average molecular weight is 455 g/mol. The summed E-state index contributed by atoms with van der Waals surface area (Å²) in [6.45, 7) is 5.49. The van der Waals surface area contributed by atoms with Gasteiger partial charge >= 0.3 is 16.1 Å². The summed E-state index contributed by atoms with van der Waals surface area (Å²) < 4.78 is 34.4. The third-order valence-corrected chi connectivity index (χ3v) is 6.04. The van der Waals surface area contributed by atoms with E-state index >= 15 is 0 Å². The summed E-state index contributed by atoms with van der Waals surface area (Å²) >= 11 is 6.13. The van der Waals surface area contributed by atoms with Crippen molar-refractivity contribution in [1.29, 1.82) is 0 Å². The molecule has 2 amide bonds. The van der Waals surface area contributed by atoms with Gasteiger partial charge in [-0.1, -0.05) is 30.7 Å². The van der Waals surface area contributed by atoms with E-state index in [0.29, 0.717) is 28.4 Å². The predicted octanol–water partition coefficient (Wildman–Crippen LogP) is 4.91. The molecular formula is C21H27ClN2O5S. The van der Waals surface area contributed by atoms with Crippen molar-refractivity contribution in [3.63, 3.8) is 0 Å². The van der Waals surface area contributed by atoms with Gasteiger partial charge in [0.05, 0.1) is 25.1 Å². The lowest BCUT2D eigenvalue weighted by Crippen LogP contribution is -2.40. The topological polar surface area (TPSA) is 84.9 Å². The standard InChI is InChI=1S/C21H27ClN2O5S/c1-5-15(3)24(21(25)23-18-9-7-8-10-20(18)28-4)14-16-13-17(22)11-12-19(16)29-30(26,27)6-2/h7-13,15H,5-6,14H2,1-4H3,(H,23,25)/t15-/m1/s1. The van der Waals surface area contributed by atoms with Crippen LogP contribution in [0.5, 0.6) is 11.5 Å². The zero-order valence-corrected chi connectivity index (χ0v) is 19.1. The minimum atomic E-state index is -3.73. The lowest BCUT2D eigenvalue weighted by Gasteiger charge is -2.29. The molecule has 0 spiro atoms. The molecule has 1 N–H and O–H groups in total. The van der Waals surface area contributed by atoms with Gasteiger partial charge < -0.3 is 19.1 Å². The lowest BCUT2D eigenvalue weighted by atomic mass is 10.1. The van der Waals surface area contributed by atoms with Gasteiger partial charge in [-0.2, -0.15) is 8.42 Å². The highest BCUT2D eigenvalue weighted by atomic mass is 35.5. The van der Waals surface area contributed by atoms with Crippen molar-refractivity contribution in [2.75, 3.05) is 18.2 Å². The monoisotopic (exact) mass is 454 g/mol. The summed E-state index contributed by atoms with van der Waals surface area (Å²) in [5, 5.41) is 3.28. The molecule has 2 aromatic carbocycles. The van der Waals surface area contributed by atoms with Crippen molar-refractivity contribution in [2.24, 2.45) is 0 Å². The number of urea groups is 1. The largest absolute Gasteiger partial charge is 0.495 e. The summed E-state index contributed by atoms with van der Waals surface area (Å²) in [6, 6.07) is 11.3. The molecule has 0 radical (unpaired) electrons. The van der Waals surface area contributed by atoms with Crippen LogP contribution in [0.1, 0.15) is 32.8 Å². The van der Waals surface area contributed by atoms with Crippen molar-refractivity contribution < 1.29 is 22.1 Å². The molecule has 7 nitrogen and oxygen atoms in total. The SMILES string of the molecule is CC[C@@H](C)N(Cc1cc(Cl)ccc1OS(=O)(=O)CC)C(=O)Nc1ccccc1OC. The fourth-order valence-corrected chi connectivity index (χ4v) is 3.46. The molecular weight excluding hydrogens is 428 g/mol. The normalized spacial score (nSPS) is 12.2. The van der Waals surface area contributed by atoms with Crippen LogP contribution in [-0.2, 0) is 16.7 Å². The summed E-state index contributed by atoms with van der Waals surface area (Å²) in [6.07, 6.45) is 0.698.